The van der Waals surface area contributed by atoms with Crippen molar-refractivity contribution in [1.82, 2.24) is 9.88 Å². The van der Waals surface area contributed by atoms with E-state index in [4.69, 9.17) is 10.7 Å². The number of nitrogens with two attached hydrogens (primary N) is 1. The first-order valence-electron chi connectivity index (χ1n) is 8.31. The minimum absolute atomic E-state index is 0.0148. The van der Waals surface area contributed by atoms with Crippen molar-refractivity contribution in [3.05, 3.63) is 40.6 Å². The van der Waals surface area contributed by atoms with Gasteiger partial charge in [0.25, 0.3) is 5.91 Å². The van der Waals surface area contributed by atoms with Crippen LogP contribution in [0.25, 0.3) is 10.9 Å². The number of nitrogens with zero attached hydrogens (tertiary/aromatic N) is 2. The molecule has 0 saturated heterocycles. The molecule has 3 rings (SSSR count). The Morgan fingerprint density at radius 3 is 2.65 bits per heavy atom. The second-order valence-corrected chi connectivity index (χ2v) is 6.85. The number of aromatic nitrogens is 1. The van der Waals surface area contributed by atoms with Gasteiger partial charge in [0.05, 0.1) is 11.1 Å². The van der Waals surface area contributed by atoms with Gasteiger partial charge in [-0.3, -0.25) is 9.78 Å². The molecule has 1 fully saturated rings. The maximum absolute atomic E-state index is 13.0. The Balaban J connectivity index is 2.19. The van der Waals surface area contributed by atoms with Gasteiger partial charge >= 0.3 is 0 Å². The molecule has 0 radical (unpaired) electrons. The standard InChI is InChI=1S/C19H25N3O/c1-11-7-12(2)18-15(8-11)16(9-17(21-18)14-5-6-14)19(23)22(4)13(3)10-20/h7-9,13-14H,5-6,10,20H2,1-4H3. The summed E-state index contributed by atoms with van der Waals surface area (Å²) in [6, 6.07) is 6.22. The molecule has 4 heteroatoms. The summed E-state index contributed by atoms with van der Waals surface area (Å²) < 4.78 is 0. The zero-order valence-corrected chi connectivity index (χ0v) is 14.4. The van der Waals surface area contributed by atoms with Crippen LogP contribution < -0.4 is 5.73 Å². The van der Waals surface area contributed by atoms with Crippen molar-refractivity contribution < 1.29 is 4.79 Å². The molecule has 0 spiro atoms. The molecule has 1 aliphatic carbocycles. The number of rotatable bonds is 4. The molecule has 1 aliphatic rings. The zero-order chi connectivity index (χ0) is 16.7. The fourth-order valence-electron chi connectivity index (χ4n) is 3.01. The van der Waals surface area contributed by atoms with Gasteiger partial charge in [-0.2, -0.15) is 0 Å². The van der Waals surface area contributed by atoms with E-state index in [9.17, 15) is 4.79 Å². The van der Waals surface area contributed by atoms with Gasteiger partial charge in [0.15, 0.2) is 0 Å². The Kier molecular flexibility index (Phi) is 4.11. The van der Waals surface area contributed by atoms with Gasteiger partial charge in [0.1, 0.15) is 0 Å². The molecular weight excluding hydrogens is 286 g/mol. The smallest absolute Gasteiger partial charge is 0.254 e. The molecule has 0 aliphatic heterocycles. The number of hydrogen-bond donors (Lipinski definition) is 1. The van der Waals surface area contributed by atoms with E-state index in [0.717, 1.165) is 33.3 Å². The van der Waals surface area contributed by atoms with Crippen LogP contribution in [0.5, 0.6) is 0 Å². The quantitative estimate of drug-likeness (QED) is 0.943. The third-order valence-corrected chi connectivity index (χ3v) is 4.82. The number of carbonyl (C=O) groups is 1. The monoisotopic (exact) mass is 311 g/mol. The second kappa shape index (κ2) is 5.93. The van der Waals surface area contributed by atoms with Crippen LogP contribution in [-0.2, 0) is 0 Å². The van der Waals surface area contributed by atoms with E-state index in [1.165, 1.54) is 12.8 Å². The Labute approximate surface area is 137 Å². The van der Waals surface area contributed by atoms with Crippen molar-refractivity contribution in [3.8, 4) is 0 Å². The Morgan fingerprint density at radius 2 is 2.04 bits per heavy atom. The predicted octanol–water partition coefficient (Wildman–Crippen LogP) is 3.15. The van der Waals surface area contributed by atoms with E-state index < -0.39 is 0 Å². The molecule has 2 aromatic rings. The van der Waals surface area contributed by atoms with Crippen LogP contribution in [0.15, 0.2) is 18.2 Å². The highest BCUT2D eigenvalue weighted by Gasteiger charge is 2.28. The average molecular weight is 311 g/mol. The molecular formula is C19H25N3O. The van der Waals surface area contributed by atoms with Crippen LogP contribution in [0, 0.1) is 13.8 Å². The molecule has 2 N–H and O–H groups in total. The van der Waals surface area contributed by atoms with Gasteiger partial charge in [-0.05, 0) is 51.3 Å². The molecule has 1 amide bonds. The van der Waals surface area contributed by atoms with Crippen LogP contribution in [0.4, 0.5) is 0 Å². The van der Waals surface area contributed by atoms with Crippen molar-refractivity contribution in [2.75, 3.05) is 13.6 Å². The summed E-state index contributed by atoms with van der Waals surface area (Å²) in [5.74, 6) is 0.547. The third-order valence-electron chi connectivity index (χ3n) is 4.82. The van der Waals surface area contributed by atoms with Gasteiger partial charge < -0.3 is 10.6 Å². The Morgan fingerprint density at radius 1 is 1.35 bits per heavy atom. The summed E-state index contributed by atoms with van der Waals surface area (Å²) in [5.41, 5.74) is 10.8. The summed E-state index contributed by atoms with van der Waals surface area (Å²) in [4.78, 5) is 19.6. The van der Waals surface area contributed by atoms with Gasteiger partial charge in [0, 0.05) is 36.6 Å². The molecule has 1 saturated carbocycles. The number of fused-ring (bicyclic) bond motifs is 1. The highest BCUT2D eigenvalue weighted by atomic mass is 16.2. The number of benzene rings is 1. The highest BCUT2D eigenvalue weighted by Crippen LogP contribution is 2.40. The highest BCUT2D eigenvalue weighted by molar-refractivity contribution is 6.07. The topological polar surface area (TPSA) is 59.2 Å². The van der Waals surface area contributed by atoms with E-state index >= 15 is 0 Å². The number of aryl methyl sites for hydroxylation is 2. The number of pyridine rings is 1. The van der Waals surface area contributed by atoms with E-state index in [-0.39, 0.29) is 11.9 Å². The Hall–Kier alpha value is -1.94. The predicted molar refractivity (Wildman–Crippen MR) is 93.8 cm³/mol. The summed E-state index contributed by atoms with van der Waals surface area (Å²) in [7, 11) is 1.82. The molecule has 1 aromatic heterocycles. The first-order chi connectivity index (χ1) is 10.9. The number of hydrogen-bond acceptors (Lipinski definition) is 3. The molecule has 1 atom stereocenters. The van der Waals surface area contributed by atoms with Crippen molar-refractivity contribution in [1.29, 1.82) is 0 Å². The zero-order valence-electron chi connectivity index (χ0n) is 14.4. The number of amides is 1. The van der Waals surface area contributed by atoms with Crippen LogP contribution >= 0.6 is 0 Å². The van der Waals surface area contributed by atoms with Crippen molar-refractivity contribution in [2.45, 2.75) is 45.6 Å². The average Bonchev–Trinajstić information content (AvgIpc) is 3.36. The van der Waals surface area contributed by atoms with Crippen LogP contribution in [0.2, 0.25) is 0 Å². The fourth-order valence-corrected chi connectivity index (χ4v) is 3.01. The molecule has 0 bridgehead atoms. The first kappa shape index (κ1) is 15.9. The lowest BCUT2D eigenvalue weighted by Gasteiger charge is -2.24. The molecule has 23 heavy (non-hydrogen) atoms. The van der Waals surface area contributed by atoms with Gasteiger partial charge in [-0.15, -0.1) is 0 Å². The molecule has 1 heterocycles. The van der Waals surface area contributed by atoms with Crippen molar-refractivity contribution in [2.24, 2.45) is 5.73 Å². The van der Waals surface area contributed by atoms with E-state index in [0.29, 0.717) is 12.5 Å². The summed E-state index contributed by atoms with van der Waals surface area (Å²) in [6.07, 6.45) is 2.35. The maximum atomic E-state index is 13.0. The van der Waals surface area contributed by atoms with Crippen molar-refractivity contribution in [3.63, 3.8) is 0 Å². The first-order valence-corrected chi connectivity index (χ1v) is 8.31. The SMILES string of the molecule is Cc1cc(C)c2nc(C3CC3)cc(C(=O)N(C)C(C)CN)c2c1. The van der Waals surface area contributed by atoms with Gasteiger partial charge in [-0.25, -0.2) is 0 Å². The summed E-state index contributed by atoms with van der Waals surface area (Å²) in [5, 5.41) is 0.952. The summed E-state index contributed by atoms with van der Waals surface area (Å²) in [6.45, 7) is 6.56. The Bertz CT molecular complexity index is 765. The van der Waals surface area contributed by atoms with Crippen LogP contribution in [0.3, 0.4) is 0 Å². The van der Waals surface area contributed by atoms with Gasteiger partial charge in [0.2, 0.25) is 0 Å². The normalized spacial score (nSPS) is 15.7. The largest absolute Gasteiger partial charge is 0.338 e. The molecule has 4 nitrogen and oxygen atoms in total. The minimum Gasteiger partial charge on any atom is -0.338 e. The number of likely N-dealkylation sites (N-methyl/N-ethyl adjacent to an activating group) is 1. The summed E-state index contributed by atoms with van der Waals surface area (Å²) >= 11 is 0. The minimum atomic E-state index is 0.0148. The lowest BCUT2D eigenvalue weighted by molar-refractivity contribution is 0.0750. The van der Waals surface area contributed by atoms with E-state index in [1.54, 1.807) is 4.90 Å². The fraction of sp³-hybridized carbons (Fsp3) is 0.474. The van der Waals surface area contributed by atoms with Crippen molar-refractivity contribution >= 4 is 16.8 Å². The second-order valence-electron chi connectivity index (χ2n) is 6.85. The molecule has 1 aromatic carbocycles. The van der Waals surface area contributed by atoms with E-state index in [2.05, 4.69) is 26.0 Å². The van der Waals surface area contributed by atoms with E-state index in [1.807, 2.05) is 20.0 Å². The van der Waals surface area contributed by atoms with Crippen LogP contribution in [0.1, 0.15) is 52.9 Å². The lowest BCUT2D eigenvalue weighted by atomic mass is 9.99. The number of carbonyl (C=O) groups excluding carboxylic acids is 1. The lowest BCUT2D eigenvalue weighted by Crippen LogP contribution is -2.39. The molecule has 122 valence electrons. The maximum Gasteiger partial charge on any atom is 0.254 e. The third kappa shape index (κ3) is 2.95. The van der Waals surface area contributed by atoms with Gasteiger partial charge in [-0.1, -0.05) is 11.6 Å². The van der Waals surface area contributed by atoms with Crippen LogP contribution in [-0.4, -0.2) is 35.4 Å². The molecule has 1 unspecified atom stereocenters.